The van der Waals surface area contributed by atoms with E-state index in [-0.39, 0.29) is 17.5 Å². The maximum atomic E-state index is 12.9. The van der Waals surface area contributed by atoms with Gasteiger partial charge in [0, 0.05) is 10.9 Å². The van der Waals surface area contributed by atoms with Gasteiger partial charge in [-0.25, -0.2) is 4.39 Å². The minimum atomic E-state index is -0.286. The second kappa shape index (κ2) is 5.65. The van der Waals surface area contributed by atoms with E-state index in [4.69, 9.17) is 4.52 Å². The maximum absolute atomic E-state index is 12.9. The number of nitrogens with zero attached hydrogens (tertiary/aromatic N) is 2. The van der Waals surface area contributed by atoms with E-state index in [0.717, 1.165) is 10.0 Å². The maximum Gasteiger partial charge on any atom is 0.261 e. The van der Waals surface area contributed by atoms with Crippen LogP contribution in [0.4, 0.5) is 4.39 Å². The van der Waals surface area contributed by atoms with Crippen molar-refractivity contribution in [2.45, 2.75) is 6.42 Å². The number of phenols is 1. The lowest BCUT2D eigenvalue weighted by atomic mass is 10.1. The van der Waals surface area contributed by atoms with Crippen molar-refractivity contribution in [3.05, 3.63) is 64.1 Å². The van der Waals surface area contributed by atoms with Crippen LogP contribution >= 0.6 is 15.9 Å². The van der Waals surface area contributed by atoms with Crippen LogP contribution in [0.15, 0.2) is 51.5 Å². The summed E-state index contributed by atoms with van der Waals surface area (Å²) in [6, 6.07) is 11.1. The Morgan fingerprint density at radius 3 is 2.67 bits per heavy atom. The molecular weight excluding hydrogens is 339 g/mol. The first-order valence-electron chi connectivity index (χ1n) is 6.18. The van der Waals surface area contributed by atoms with Crippen LogP contribution in [0.5, 0.6) is 5.75 Å². The summed E-state index contributed by atoms with van der Waals surface area (Å²) in [7, 11) is 0. The zero-order valence-corrected chi connectivity index (χ0v) is 12.3. The summed E-state index contributed by atoms with van der Waals surface area (Å²) >= 11 is 3.32. The van der Waals surface area contributed by atoms with E-state index in [1.165, 1.54) is 12.1 Å². The van der Waals surface area contributed by atoms with Crippen molar-refractivity contribution in [2.24, 2.45) is 0 Å². The lowest BCUT2D eigenvalue weighted by Crippen LogP contribution is -1.91. The average molecular weight is 349 g/mol. The molecule has 6 heteroatoms. The average Bonchev–Trinajstić information content (AvgIpc) is 2.92. The van der Waals surface area contributed by atoms with Crippen LogP contribution in [0.2, 0.25) is 0 Å². The van der Waals surface area contributed by atoms with E-state index >= 15 is 0 Å². The molecule has 21 heavy (non-hydrogen) atoms. The largest absolute Gasteiger partial charge is 0.507 e. The molecule has 2 aromatic carbocycles. The van der Waals surface area contributed by atoms with Crippen LogP contribution in [0.3, 0.4) is 0 Å². The van der Waals surface area contributed by atoms with Crippen LogP contribution < -0.4 is 0 Å². The van der Waals surface area contributed by atoms with Crippen LogP contribution in [-0.2, 0) is 6.42 Å². The lowest BCUT2D eigenvalue weighted by molar-refractivity contribution is 0.418. The number of hydrogen-bond donors (Lipinski definition) is 1. The fourth-order valence-corrected chi connectivity index (χ4v) is 2.26. The number of aromatic hydroxyl groups is 1. The van der Waals surface area contributed by atoms with E-state index in [9.17, 15) is 9.50 Å². The summed E-state index contributed by atoms with van der Waals surface area (Å²) in [6.07, 6.45) is 0.429. The van der Waals surface area contributed by atoms with Gasteiger partial charge in [-0.2, -0.15) is 4.98 Å². The molecule has 3 aromatic rings. The highest BCUT2D eigenvalue weighted by Crippen LogP contribution is 2.30. The van der Waals surface area contributed by atoms with Gasteiger partial charge in [0.15, 0.2) is 5.82 Å². The molecule has 106 valence electrons. The first-order chi connectivity index (χ1) is 10.1. The summed E-state index contributed by atoms with van der Waals surface area (Å²) in [4.78, 5) is 4.25. The molecule has 3 rings (SSSR count). The second-order valence-corrected chi connectivity index (χ2v) is 5.40. The molecule has 0 aliphatic heterocycles. The van der Waals surface area contributed by atoms with Gasteiger partial charge < -0.3 is 9.63 Å². The zero-order valence-electron chi connectivity index (χ0n) is 10.8. The molecule has 0 saturated heterocycles. The molecule has 0 saturated carbocycles. The van der Waals surface area contributed by atoms with Crippen molar-refractivity contribution in [3.63, 3.8) is 0 Å². The molecule has 0 atom stereocenters. The molecule has 4 nitrogen and oxygen atoms in total. The van der Waals surface area contributed by atoms with E-state index in [0.29, 0.717) is 17.8 Å². The van der Waals surface area contributed by atoms with Crippen LogP contribution in [-0.4, -0.2) is 15.2 Å². The Labute approximate surface area is 128 Å². The molecule has 0 amide bonds. The van der Waals surface area contributed by atoms with Gasteiger partial charge in [0.1, 0.15) is 11.6 Å². The second-order valence-electron chi connectivity index (χ2n) is 4.48. The Bertz CT molecular complexity index is 772. The Balaban J connectivity index is 1.86. The Morgan fingerprint density at radius 1 is 1.14 bits per heavy atom. The third-order valence-electron chi connectivity index (χ3n) is 2.93. The van der Waals surface area contributed by atoms with Crippen molar-refractivity contribution in [1.29, 1.82) is 0 Å². The van der Waals surface area contributed by atoms with Crippen molar-refractivity contribution in [2.75, 3.05) is 0 Å². The molecule has 1 heterocycles. The number of halogens is 2. The Kier molecular flexibility index (Phi) is 3.70. The molecule has 0 aliphatic rings. The van der Waals surface area contributed by atoms with E-state index in [2.05, 4.69) is 26.1 Å². The number of aromatic nitrogens is 2. The fourth-order valence-electron chi connectivity index (χ4n) is 1.90. The third kappa shape index (κ3) is 3.11. The fraction of sp³-hybridized carbons (Fsp3) is 0.0667. The standard InChI is InChI=1S/C15H10BrFN2O2/c16-10-3-6-13(20)12(8-10)15-18-14(19-21-15)7-9-1-4-11(17)5-2-9/h1-6,8,20H,7H2. The SMILES string of the molecule is Oc1ccc(Br)cc1-c1nc(Cc2ccc(F)cc2)no1. The number of rotatable bonds is 3. The van der Waals surface area contributed by atoms with Gasteiger partial charge >= 0.3 is 0 Å². The summed E-state index contributed by atoms with van der Waals surface area (Å²) in [5, 5.41) is 13.7. The smallest absolute Gasteiger partial charge is 0.261 e. The number of benzene rings is 2. The summed E-state index contributed by atoms with van der Waals surface area (Å²) in [5.41, 5.74) is 1.34. The highest BCUT2D eigenvalue weighted by molar-refractivity contribution is 9.10. The number of phenolic OH excluding ortho intramolecular Hbond substituents is 1. The van der Waals surface area contributed by atoms with Crippen LogP contribution in [0.25, 0.3) is 11.5 Å². The zero-order chi connectivity index (χ0) is 14.8. The van der Waals surface area contributed by atoms with Gasteiger partial charge in [-0.05, 0) is 35.9 Å². The van der Waals surface area contributed by atoms with Crippen molar-refractivity contribution in [1.82, 2.24) is 10.1 Å². The van der Waals surface area contributed by atoms with E-state index in [1.807, 2.05) is 0 Å². The van der Waals surface area contributed by atoms with Crippen molar-refractivity contribution in [3.8, 4) is 17.2 Å². The van der Waals surface area contributed by atoms with Crippen LogP contribution in [0.1, 0.15) is 11.4 Å². The van der Waals surface area contributed by atoms with Crippen molar-refractivity contribution < 1.29 is 14.0 Å². The molecule has 1 N–H and O–H groups in total. The van der Waals surface area contributed by atoms with Gasteiger partial charge in [0.25, 0.3) is 5.89 Å². The van der Waals surface area contributed by atoms with Crippen molar-refractivity contribution >= 4 is 15.9 Å². The predicted molar refractivity (Wildman–Crippen MR) is 78.3 cm³/mol. The van der Waals surface area contributed by atoms with Gasteiger partial charge in [0.05, 0.1) is 5.56 Å². The highest BCUT2D eigenvalue weighted by Gasteiger charge is 2.13. The molecule has 0 spiro atoms. The normalized spacial score (nSPS) is 10.8. The Morgan fingerprint density at radius 2 is 1.90 bits per heavy atom. The third-order valence-corrected chi connectivity index (χ3v) is 3.43. The number of hydrogen-bond acceptors (Lipinski definition) is 4. The first-order valence-corrected chi connectivity index (χ1v) is 6.97. The molecule has 0 fully saturated rings. The molecule has 0 bridgehead atoms. The molecular formula is C15H10BrFN2O2. The van der Waals surface area contributed by atoms with Gasteiger partial charge in [-0.15, -0.1) is 0 Å². The minimum absolute atomic E-state index is 0.0650. The molecule has 1 aromatic heterocycles. The topological polar surface area (TPSA) is 59.2 Å². The van der Waals surface area contributed by atoms with Crippen LogP contribution in [0, 0.1) is 5.82 Å². The Hall–Kier alpha value is -2.21. The monoisotopic (exact) mass is 348 g/mol. The van der Waals surface area contributed by atoms with Gasteiger partial charge in [-0.3, -0.25) is 0 Å². The molecule has 0 unspecified atom stereocenters. The molecule has 0 radical (unpaired) electrons. The van der Waals surface area contributed by atoms with Gasteiger partial charge in [-0.1, -0.05) is 33.2 Å². The molecule has 0 aliphatic carbocycles. The lowest BCUT2D eigenvalue weighted by Gasteiger charge is -1.99. The van der Waals surface area contributed by atoms with E-state index < -0.39 is 0 Å². The highest BCUT2D eigenvalue weighted by atomic mass is 79.9. The quantitative estimate of drug-likeness (QED) is 0.778. The predicted octanol–water partition coefficient (Wildman–Crippen LogP) is 3.93. The summed E-state index contributed by atoms with van der Waals surface area (Å²) < 4.78 is 18.8. The van der Waals surface area contributed by atoms with Gasteiger partial charge in [0.2, 0.25) is 0 Å². The minimum Gasteiger partial charge on any atom is -0.507 e. The van der Waals surface area contributed by atoms with E-state index in [1.54, 1.807) is 30.3 Å². The summed E-state index contributed by atoms with van der Waals surface area (Å²) in [5.74, 6) is 0.490. The summed E-state index contributed by atoms with van der Waals surface area (Å²) in [6.45, 7) is 0. The first kappa shape index (κ1) is 13.8.